The fourth-order valence-electron chi connectivity index (χ4n) is 1.78. The van der Waals surface area contributed by atoms with Crippen LogP contribution >= 0.6 is 0 Å². The van der Waals surface area contributed by atoms with Crippen LogP contribution < -0.4 is 5.32 Å². The first-order valence-electron chi connectivity index (χ1n) is 6.33. The van der Waals surface area contributed by atoms with Crippen LogP contribution in [0.15, 0.2) is 24.3 Å². The van der Waals surface area contributed by atoms with Gasteiger partial charge in [-0.1, -0.05) is 12.1 Å². The Bertz CT molecular complexity index is 561. The molecule has 5 nitrogen and oxygen atoms in total. The molecule has 0 aliphatic rings. The van der Waals surface area contributed by atoms with Crippen molar-refractivity contribution in [2.45, 2.75) is 31.6 Å². The van der Waals surface area contributed by atoms with Gasteiger partial charge >= 0.3 is 0 Å². The van der Waals surface area contributed by atoms with Crippen molar-refractivity contribution in [1.82, 2.24) is 5.32 Å². The van der Waals surface area contributed by atoms with Gasteiger partial charge in [-0.05, 0) is 38.0 Å². The van der Waals surface area contributed by atoms with Gasteiger partial charge in [-0.25, -0.2) is 8.42 Å². The summed E-state index contributed by atoms with van der Waals surface area (Å²) in [5.74, 6) is -0.278. The lowest BCUT2D eigenvalue weighted by Gasteiger charge is -2.25. The summed E-state index contributed by atoms with van der Waals surface area (Å²) < 4.78 is 22.4. The van der Waals surface area contributed by atoms with Gasteiger partial charge in [-0.15, -0.1) is 0 Å². The van der Waals surface area contributed by atoms with Crippen LogP contribution in [0.2, 0.25) is 0 Å². The van der Waals surface area contributed by atoms with E-state index >= 15 is 0 Å². The molecule has 1 aromatic rings. The third-order valence-corrected chi connectivity index (χ3v) is 3.69. The van der Waals surface area contributed by atoms with E-state index in [-0.39, 0.29) is 18.3 Å². The van der Waals surface area contributed by atoms with E-state index < -0.39 is 15.4 Å². The summed E-state index contributed by atoms with van der Waals surface area (Å²) in [6.07, 6.45) is 1.63. The molecule has 1 aromatic carbocycles. The Balaban J connectivity index is 2.76. The first kappa shape index (κ1) is 16.7. The number of hydrogen-bond acceptors (Lipinski definition) is 4. The van der Waals surface area contributed by atoms with E-state index in [1.54, 1.807) is 24.3 Å². The SMILES string of the molecule is CC(C)(CCO)NC(=O)c1ccc(CS(C)(=O)=O)cc1. The highest BCUT2D eigenvalue weighted by molar-refractivity contribution is 7.89. The molecule has 0 radical (unpaired) electrons. The second-order valence-corrected chi connectivity index (χ2v) is 7.72. The van der Waals surface area contributed by atoms with Crippen molar-refractivity contribution >= 4 is 15.7 Å². The number of nitrogens with one attached hydrogen (secondary N) is 1. The second-order valence-electron chi connectivity index (χ2n) is 5.58. The lowest BCUT2D eigenvalue weighted by atomic mass is 10.0. The van der Waals surface area contributed by atoms with E-state index in [9.17, 15) is 13.2 Å². The number of hydrogen-bond donors (Lipinski definition) is 2. The third-order valence-electron chi connectivity index (χ3n) is 2.83. The molecule has 1 amide bonds. The van der Waals surface area contributed by atoms with Crippen LogP contribution in [0.3, 0.4) is 0 Å². The van der Waals surface area contributed by atoms with Crippen LogP contribution in [0.4, 0.5) is 0 Å². The Morgan fingerprint density at radius 1 is 1.25 bits per heavy atom. The number of carbonyl (C=O) groups excluding carboxylic acids is 1. The number of carbonyl (C=O) groups is 1. The van der Waals surface area contributed by atoms with Crippen LogP contribution in [0.1, 0.15) is 36.2 Å². The van der Waals surface area contributed by atoms with Crippen molar-refractivity contribution in [2.75, 3.05) is 12.9 Å². The molecule has 0 atom stereocenters. The Morgan fingerprint density at radius 3 is 2.25 bits per heavy atom. The van der Waals surface area contributed by atoms with Crippen LogP contribution in [0.25, 0.3) is 0 Å². The Morgan fingerprint density at radius 2 is 1.80 bits per heavy atom. The van der Waals surface area contributed by atoms with Gasteiger partial charge < -0.3 is 10.4 Å². The molecule has 1 rings (SSSR count). The van der Waals surface area contributed by atoms with Gasteiger partial charge in [-0.2, -0.15) is 0 Å². The number of benzene rings is 1. The van der Waals surface area contributed by atoms with Gasteiger partial charge in [0.2, 0.25) is 0 Å². The maximum absolute atomic E-state index is 12.0. The molecule has 0 aliphatic carbocycles. The normalized spacial score (nSPS) is 12.2. The number of aliphatic hydroxyl groups is 1. The summed E-state index contributed by atoms with van der Waals surface area (Å²) in [6.45, 7) is 3.67. The van der Waals surface area contributed by atoms with Crippen LogP contribution in [0.5, 0.6) is 0 Å². The monoisotopic (exact) mass is 299 g/mol. The molecule has 0 aliphatic heterocycles. The lowest BCUT2D eigenvalue weighted by molar-refractivity contribution is 0.0899. The Kier molecular flexibility index (Phi) is 5.30. The van der Waals surface area contributed by atoms with Crippen molar-refractivity contribution in [3.8, 4) is 0 Å². The fraction of sp³-hybridized carbons (Fsp3) is 0.500. The minimum atomic E-state index is -3.07. The number of sulfone groups is 1. The van der Waals surface area contributed by atoms with Crippen LogP contribution in [-0.4, -0.2) is 37.8 Å². The molecule has 0 heterocycles. The zero-order chi connectivity index (χ0) is 15.4. The summed E-state index contributed by atoms with van der Waals surface area (Å²) in [5, 5.41) is 11.7. The average Bonchev–Trinajstić information content (AvgIpc) is 2.26. The Labute approximate surface area is 119 Å². The predicted molar refractivity (Wildman–Crippen MR) is 78.2 cm³/mol. The standard InChI is InChI=1S/C14H21NO4S/c1-14(2,8-9-16)15-13(17)12-6-4-11(5-7-12)10-20(3,18)19/h4-7,16H,8-10H2,1-3H3,(H,15,17). The zero-order valence-electron chi connectivity index (χ0n) is 12.0. The van der Waals surface area contributed by atoms with Crippen LogP contribution in [0, 0.1) is 0 Å². The van der Waals surface area contributed by atoms with E-state index in [2.05, 4.69) is 5.32 Å². The van der Waals surface area contributed by atoms with Gasteiger partial charge in [0.15, 0.2) is 9.84 Å². The van der Waals surface area contributed by atoms with Crippen molar-refractivity contribution in [3.05, 3.63) is 35.4 Å². The van der Waals surface area contributed by atoms with Crippen LogP contribution in [-0.2, 0) is 15.6 Å². The summed E-state index contributed by atoms with van der Waals surface area (Å²) in [5.41, 5.74) is 0.629. The molecule has 0 saturated heterocycles. The molecular formula is C14H21NO4S. The molecule has 2 N–H and O–H groups in total. The van der Waals surface area contributed by atoms with Crippen molar-refractivity contribution < 1.29 is 18.3 Å². The van der Waals surface area contributed by atoms with Gasteiger partial charge in [0.05, 0.1) is 5.75 Å². The first-order valence-corrected chi connectivity index (χ1v) is 8.39. The predicted octanol–water partition coefficient (Wildman–Crippen LogP) is 1.12. The van der Waals surface area contributed by atoms with Gasteiger partial charge in [-0.3, -0.25) is 4.79 Å². The number of aliphatic hydroxyl groups excluding tert-OH is 1. The highest BCUT2D eigenvalue weighted by Gasteiger charge is 2.20. The van der Waals surface area contributed by atoms with E-state index in [1.165, 1.54) is 6.26 Å². The molecule has 0 spiro atoms. The molecule has 0 bridgehead atoms. The van der Waals surface area contributed by atoms with E-state index in [0.717, 1.165) is 0 Å². The molecule has 0 unspecified atom stereocenters. The summed E-state index contributed by atoms with van der Waals surface area (Å²) in [4.78, 5) is 12.0. The Hall–Kier alpha value is -1.40. The summed E-state index contributed by atoms with van der Waals surface area (Å²) in [7, 11) is -3.07. The maximum Gasteiger partial charge on any atom is 0.251 e. The van der Waals surface area contributed by atoms with E-state index in [1.807, 2.05) is 13.8 Å². The smallest absolute Gasteiger partial charge is 0.251 e. The molecule has 0 saturated carbocycles. The number of rotatable bonds is 6. The minimum absolute atomic E-state index is 0.000573. The highest BCUT2D eigenvalue weighted by Crippen LogP contribution is 2.11. The first-order chi connectivity index (χ1) is 9.13. The van der Waals surface area contributed by atoms with Gasteiger partial charge in [0, 0.05) is 24.0 Å². The fourth-order valence-corrected chi connectivity index (χ4v) is 2.57. The zero-order valence-corrected chi connectivity index (χ0v) is 12.8. The second kappa shape index (κ2) is 6.37. The van der Waals surface area contributed by atoms with Gasteiger partial charge in [0.25, 0.3) is 5.91 Å². The quantitative estimate of drug-likeness (QED) is 0.824. The minimum Gasteiger partial charge on any atom is -0.396 e. The van der Waals surface area contributed by atoms with Crippen molar-refractivity contribution in [3.63, 3.8) is 0 Å². The molecule has 0 fully saturated rings. The van der Waals surface area contributed by atoms with Gasteiger partial charge in [0.1, 0.15) is 0 Å². The molecule has 20 heavy (non-hydrogen) atoms. The summed E-state index contributed by atoms with van der Waals surface area (Å²) >= 11 is 0. The summed E-state index contributed by atoms with van der Waals surface area (Å²) in [6, 6.07) is 6.47. The van der Waals surface area contributed by atoms with E-state index in [4.69, 9.17) is 5.11 Å². The lowest BCUT2D eigenvalue weighted by Crippen LogP contribution is -2.44. The largest absolute Gasteiger partial charge is 0.396 e. The van der Waals surface area contributed by atoms with E-state index in [0.29, 0.717) is 17.5 Å². The topological polar surface area (TPSA) is 83.5 Å². The average molecular weight is 299 g/mol. The van der Waals surface area contributed by atoms with Crippen molar-refractivity contribution in [1.29, 1.82) is 0 Å². The van der Waals surface area contributed by atoms with Crippen molar-refractivity contribution in [2.24, 2.45) is 0 Å². The molecule has 0 aromatic heterocycles. The maximum atomic E-state index is 12.0. The number of amides is 1. The third kappa shape index (κ3) is 5.71. The highest BCUT2D eigenvalue weighted by atomic mass is 32.2. The molecule has 112 valence electrons. The molecular weight excluding hydrogens is 278 g/mol. The molecule has 6 heteroatoms.